The number of nitrogens with one attached hydrogen (secondary N) is 1. The van der Waals surface area contributed by atoms with Crippen LogP contribution in [0.5, 0.6) is 0 Å². The van der Waals surface area contributed by atoms with Crippen LogP contribution in [0.15, 0.2) is 60.0 Å². The normalized spacial score (nSPS) is 17.6. The van der Waals surface area contributed by atoms with Crippen molar-refractivity contribution in [3.63, 3.8) is 0 Å². The van der Waals surface area contributed by atoms with Gasteiger partial charge in [-0.3, -0.25) is 14.3 Å². The summed E-state index contributed by atoms with van der Waals surface area (Å²) in [6.45, 7) is 0.916. The van der Waals surface area contributed by atoms with Crippen LogP contribution < -0.4 is 5.32 Å². The van der Waals surface area contributed by atoms with Gasteiger partial charge in [-0.2, -0.15) is 4.31 Å². The van der Waals surface area contributed by atoms with Crippen molar-refractivity contribution in [3.8, 4) is 5.69 Å². The summed E-state index contributed by atoms with van der Waals surface area (Å²) in [5.41, 5.74) is 2.27. The molecule has 1 aliphatic heterocycles. The van der Waals surface area contributed by atoms with Crippen LogP contribution in [0.3, 0.4) is 0 Å². The minimum Gasteiger partial charge on any atom is -0.347 e. The third-order valence-electron chi connectivity index (χ3n) is 5.51. The fourth-order valence-electron chi connectivity index (χ4n) is 3.71. The van der Waals surface area contributed by atoms with Crippen molar-refractivity contribution in [1.82, 2.24) is 24.2 Å². The first-order valence-electron chi connectivity index (χ1n) is 9.87. The zero-order valence-electron chi connectivity index (χ0n) is 16.2. The molecule has 1 aliphatic carbocycles. The van der Waals surface area contributed by atoms with Crippen LogP contribution in [0.2, 0.25) is 0 Å². The molecule has 0 unspecified atom stereocenters. The Balaban J connectivity index is 1.52. The smallest absolute Gasteiger partial charge is 0.272 e. The Kier molecular flexibility index (Phi) is 4.63. The van der Waals surface area contributed by atoms with Gasteiger partial charge >= 0.3 is 0 Å². The van der Waals surface area contributed by atoms with Crippen molar-refractivity contribution in [3.05, 3.63) is 72.1 Å². The van der Waals surface area contributed by atoms with Gasteiger partial charge in [-0.25, -0.2) is 13.4 Å². The lowest BCUT2D eigenvalue weighted by Gasteiger charge is -2.20. The molecule has 1 fully saturated rings. The van der Waals surface area contributed by atoms with Crippen LogP contribution in [0.4, 0.5) is 0 Å². The van der Waals surface area contributed by atoms with E-state index in [1.165, 1.54) is 10.6 Å². The Morgan fingerprint density at radius 1 is 1.13 bits per heavy atom. The molecular formula is C21H21N5O3S. The second-order valence-corrected chi connectivity index (χ2v) is 9.56. The van der Waals surface area contributed by atoms with Crippen LogP contribution in [0, 0.1) is 5.92 Å². The number of carbonyl (C=O) groups is 1. The number of fused-ring (bicyclic) bond motifs is 3. The molecule has 5 rings (SSSR count). The quantitative estimate of drug-likeness (QED) is 0.678. The lowest BCUT2D eigenvalue weighted by Crippen LogP contribution is -2.33. The molecule has 30 heavy (non-hydrogen) atoms. The van der Waals surface area contributed by atoms with Crippen molar-refractivity contribution >= 4 is 15.9 Å². The number of sulfonamides is 1. The average Bonchev–Trinajstić information content (AvgIpc) is 3.50. The molecule has 0 spiro atoms. The number of rotatable bonds is 5. The summed E-state index contributed by atoms with van der Waals surface area (Å²) >= 11 is 0. The number of aromatic nitrogens is 3. The SMILES string of the molecule is O=C(NCc1ccncc1)c1ncn2c1CN(CC1CC1)S(=O)(=O)c1ccccc1-2. The number of amides is 1. The average molecular weight is 423 g/mol. The molecule has 3 aromatic rings. The van der Waals surface area contributed by atoms with Gasteiger partial charge in [-0.15, -0.1) is 0 Å². The molecule has 1 saturated carbocycles. The molecule has 1 amide bonds. The molecule has 0 saturated heterocycles. The van der Waals surface area contributed by atoms with Gasteiger partial charge < -0.3 is 5.32 Å². The van der Waals surface area contributed by atoms with Crippen LogP contribution in [0.1, 0.15) is 34.6 Å². The fraction of sp³-hybridized carbons (Fsp3) is 0.286. The zero-order valence-corrected chi connectivity index (χ0v) is 17.0. The Morgan fingerprint density at radius 2 is 1.90 bits per heavy atom. The molecule has 0 bridgehead atoms. The summed E-state index contributed by atoms with van der Waals surface area (Å²) in [6.07, 6.45) is 6.94. The third kappa shape index (κ3) is 3.40. The van der Waals surface area contributed by atoms with Gasteiger partial charge in [0.25, 0.3) is 5.91 Å². The zero-order chi connectivity index (χ0) is 20.7. The summed E-state index contributed by atoms with van der Waals surface area (Å²) in [7, 11) is -3.66. The van der Waals surface area contributed by atoms with E-state index in [0.29, 0.717) is 30.4 Å². The van der Waals surface area contributed by atoms with E-state index in [2.05, 4.69) is 15.3 Å². The number of carbonyl (C=O) groups excluding carboxylic acids is 1. The molecule has 2 aromatic heterocycles. The molecule has 154 valence electrons. The van der Waals surface area contributed by atoms with E-state index in [0.717, 1.165) is 18.4 Å². The maximum atomic E-state index is 13.3. The number of imidazole rings is 1. The van der Waals surface area contributed by atoms with Crippen LogP contribution in [-0.4, -0.2) is 39.7 Å². The van der Waals surface area contributed by atoms with Crippen molar-refractivity contribution in [2.75, 3.05) is 6.54 Å². The van der Waals surface area contributed by atoms with Gasteiger partial charge in [0.15, 0.2) is 5.69 Å². The first kappa shape index (κ1) is 19.0. The Labute approximate surface area is 174 Å². The summed E-state index contributed by atoms with van der Waals surface area (Å²) in [4.78, 5) is 21.5. The maximum absolute atomic E-state index is 13.3. The lowest BCUT2D eigenvalue weighted by molar-refractivity contribution is 0.0944. The minimum atomic E-state index is -3.66. The van der Waals surface area contributed by atoms with Gasteiger partial charge in [0.1, 0.15) is 11.2 Å². The molecule has 1 N–H and O–H groups in total. The number of para-hydroxylation sites is 1. The summed E-state index contributed by atoms with van der Waals surface area (Å²) < 4.78 is 29.9. The van der Waals surface area contributed by atoms with Crippen LogP contribution in [-0.2, 0) is 23.1 Å². The lowest BCUT2D eigenvalue weighted by atomic mass is 10.2. The maximum Gasteiger partial charge on any atom is 0.272 e. The first-order valence-corrected chi connectivity index (χ1v) is 11.3. The van der Waals surface area contributed by atoms with E-state index >= 15 is 0 Å². The van der Waals surface area contributed by atoms with E-state index in [4.69, 9.17) is 0 Å². The third-order valence-corrected chi connectivity index (χ3v) is 7.37. The number of hydrogen-bond donors (Lipinski definition) is 1. The predicted molar refractivity (Wildman–Crippen MR) is 109 cm³/mol. The van der Waals surface area contributed by atoms with Crippen molar-refractivity contribution in [1.29, 1.82) is 0 Å². The largest absolute Gasteiger partial charge is 0.347 e. The Hall–Kier alpha value is -3.04. The second kappa shape index (κ2) is 7.33. The van der Waals surface area contributed by atoms with Crippen LogP contribution >= 0.6 is 0 Å². The van der Waals surface area contributed by atoms with E-state index in [9.17, 15) is 13.2 Å². The number of hydrogen-bond acceptors (Lipinski definition) is 5. The van der Waals surface area contributed by atoms with Crippen molar-refractivity contribution < 1.29 is 13.2 Å². The van der Waals surface area contributed by atoms with E-state index in [1.807, 2.05) is 12.1 Å². The number of benzene rings is 1. The van der Waals surface area contributed by atoms with E-state index < -0.39 is 10.0 Å². The predicted octanol–water partition coefficient (Wildman–Crippen LogP) is 2.11. The standard InChI is InChI=1S/C21H21N5O3S/c27-21(23-11-15-7-9-22-10-8-15)20-18-13-25(12-16-5-6-16)30(28,29)19-4-2-1-3-17(19)26(18)14-24-20/h1-4,7-10,14,16H,5-6,11-13H2,(H,23,27). The topological polar surface area (TPSA) is 97.2 Å². The highest BCUT2D eigenvalue weighted by molar-refractivity contribution is 7.89. The van der Waals surface area contributed by atoms with Crippen molar-refractivity contribution in [2.24, 2.45) is 5.92 Å². The van der Waals surface area contributed by atoms with Gasteiger partial charge in [0, 0.05) is 25.5 Å². The highest BCUT2D eigenvalue weighted by Crippen LogP contribution is 2.36. The molecule has 1 aromatic carbocycles. The minimum absolute atomic E-state index is 0.117. The molecule has 3 heterocycles. The van der Waals surface area contributed by atoms with Crippen LogP contribution in [0.25, 0.3) is 5.69 Å². The monoisotopic (exact) mass is 423 g/mol. The molecule has 0 atom stereocenters. The second-order valence-electron chi connectivity index (χ2n) is 7.66. The highest BCUT2D eigenvalue weighted by Gasteiger charge is 2.37. The Morgan fingerprint density at radius 3 is 2.67 bits per heavy atom. The van der Waals surface area contributed by atoms with Gasteiger partial charge in [-0.05, 0) is 48.6 Å². The molecular weight excluding hydrogens is 402 g/mol. The summed E-state index contributed by atoms with van der Waals surface area (Å²) in [6, 6.07) is 10.5. The van der Waals surface area contributed by atoms with E-state index in [1.54, 1.807) is 41.2 Å². The molecule has 0 radical (unpaired) electrons. The molecule has 8 nitrogen and oxygen atoms in total. The first-order chi connectivity index (χ1) is 14.5. The van der Waals surface area contributed by atoms with E-state index in [-0.39, 0.29) is 23.0 Å². The Bertz CT molecular complexity index is 1200. The number of pyridine rings is 1. The van der Waals surface area contributed by atoms with Gasteiger partial charge in [0.05, 0.1) is 17.9 Å². The summed E-state index contributed by atoms with van der Waals surface area (Å²) in [5.74, 6) is 0.0501. The fourth-order valence-corrected chi connectivity index (χ4v) is 5.36. The van der Waals surface area contributed by atoms with Gasteiger partial charge in [0.2, 0.25) is 10.0 Å². The number of nitrogens with zero attached hydrogens (tertiary/aromatic N) is 4. The molecule has 9 heteroatoms. The van der Waals surface area contributed by atoms with Gasteiger partial charge in [-0.1, -0.05) is 12.1 Å². The van der Waals surface area contributed by atoms with Crippen molar-refractivity contribution in [2.45, 2.75) is 30.8 Å². The highest BCUT2D eigenvalue weighted by atomic mass is 32.2. The summed E-state index contributed by atoms with van der Waals surface area (Å²) in [5, 5.41) is 2.87. The molecule has 2 aliphatic rings.